The number of hydrogen-bond acceptors (Lipinski definition) is 2. The maximum atomic E-state index is 7.44. The highest BCUT2D eigenvalue weighted by atomic mass is 79.9. The molecule has 0 saturated heterocycles. The minimum Gasteiger partial charge on any atom is -0.370 e. The first-order valence-corrected chi connectivity index (χ1v) is 5.92. The van der Waals surface area contributed by atoms with Crippen LogP contribution in [0, 0.1) is 5.41 Å². The van der Waals surface area contributed by atoms with Crippen LogP contribution in [0.1, 0.15) is 5.56 Å². The lowest BCUT2D eigenvalue weighted by atomic mass is 10.2. The van der Waals surface area contributed by atoms with Crippen LogP contribution in [0.15, 0.2) is 33.7 Å². The van der Waals surface area contributed by atoms with E-state index < -0.39 is 0 Å². The largest absolute Gasteiger partial charge is 0.370 e. The fourth-order valence-corrected chi connectivity index (χ4v) is 2.24. The van der Waals surface area contributed by atoms with Crippen LogP contribution in [0.5, 0.6) is 0 Å². The predicted molar refractivity (Wildman–Crippen MR) is 69.0 cm³/mol. The van der Waals surface area contributed by atoms with E-state index in [2.05, 4.69) is 20.9 Å². The third-order valence-electron chi connectivity index (χ3n) is 1.55. The van der Waals surface area contributed by atoms with Gasteiger partial charge in [-0.3, -0.25) is 5.41 Å². The van der Waals surface area contributed by atoms with Gasteiger partial charge in [0.1, 0.15) is 0 Å². The minimum absolute atomic E-state index is 0.0837. The van der Waals surface area contributed by atoms with Gasteiger partial charge in [-0.2, -0.15) is 4.99 Å². The molecule has 0 aromatic heterocycles. The van der Waals surface area contributed by atoms with Gasteiger partial charge in [-0.05, 0) is 11.6 Å². The molecule has 4 nitrogen and oxygen atoms in total. The second-order valence-electron chi connectivity index (χ2n) is 2.72. The third kappa shape index (κ3) is 4.35. The summed E-state index contributed by atoms with van der Waals surface area (Å²) >= 11 is 4.71. The molecular formula is C9H11BrN4S. The standard InChI is InChI=1S/C9H11BrN4S/c10-7-4-2-1-3-6(7)5-15-9(13)14-8(11)12/h1-4H,5H2,(H5,11,12,13,14). The monoisotopic (exact) mass is 286 g/mol. The van der Waals surface area contributed by atoms with Crippen molar-refractivity contribution in [3.05, 3.63) is 34.3 Å². The Hall–Kier alpha value is -1.01. The molecular weight excluding hydrogens is 276 g/mol. The van der Waals surface area contributed by atoms with Gasteiger partial charge >= 0.3 is 0 Å². The molecule has 0 bridgehead atoms. The van der Waals surface area contributed by atoms with Crippen molar-refractivity contribution in [3.8, 4) is 0 Å². The molecule has 15 heavy (non-hydrogen) atoms. The number of halogens is 1. The Kier molecular flexibility index (Phi) is 4.64. The van der Waals surface area contributed by atoms with Gasteiger partial charge < -0.3 is 11.5 Å². The Balaban J connectivity index is 2.55. The first kappa shape index (κ1) is 12.1. The smallest absolute Gasteiger partial charge is 0.193 e. The second-order valence-corrected chi connectivity index (χ2v) is 4.54. The van der Waals surface area contributed by atoms with Crippen LogP contribution in [0.3, 0.4) is 0 Å². The quantitative estimate of drug-likeness (QED) is 0.573. The molecule has 1 aromatic carbocycles. The number of nitrogens with one attached hydrogen (secondary N) is 1. The van der Waals surface area contributed by atoms with E-state index >= 15 is 0 Å². The highest BCUT2D eigenvalue weighted by Crippen LogP contribution is 2.21. The summed E-state index contributed by atoms with van der Waals surface area (Å²) < 4.78 is 1.02. The first-order chi connectivity index (χ1) is 7.09. The van der Waals surface area contributed by atoms with E-state index in [-0.39, 0.29) is 11.1 Å². The molecule has 0 amide bonds. The molecule has 0 saturated carbocycles. The lowest BCUT2D eigenvalue weighted by Crippen LogP contribution is -2.23. The number of amidine groups is 1. The molecule has 0 spiro atoms. The fourth-order valence-electron chi connectivity index (χ4n) is 0.911. The van der Waals surface area contributed by atoms with Gasteiger partial charge in [-0.15, -0.1) is 0 Å². The number of nitrogens with two attached hydrogens (primary N) is 2. The van der Waals surface area contributed by atoms with Crippen LogP contribution in [-0.2, 0) is 5.75 Å². The zero-order chi connectivity index (χ0) is 11.3. The zero-order valence-electron chi connectivity index (χ0n) is 7.90. The lowest BCUT2D eigenvalue weighted by molar-refractivity contribution is 1.38. The molecule has 1 aromatic rings. The van der Waals surface area contributed by atoms with Gasteiger partial charge in [0.25, 0.3) is 0 Å². The molecule has 0 radical (unpaired) electrons. The molecule has 80 valence electrons. The van der Waals surface area contributed by atoms with Crippen molar-refractivity contribution in [3.63, 3.8) is 0 Å². The Labute approximate surface area is 101 Å². The summed E-state index contributed by atoms with van der Waals surface area (Å²) in [6, 6.07) is 7.84. The molecule has 0 heterocycles. The number of rotatable bonds is 2. The number of thioether (sulfide) groups is 1. The predicted octanol–water partition coefficient (Wildman–Crippen LogP) is 1.89. The van der Waals surface area contributed by atoms with E-state index in [1.165, 1.54) is 11.8 Å². The van der Waals surface area contributed by atoms with Crippen LogP contribution in [0.25, 0.3) is 0 Å². The molecule has 0 atom stereocenters. The van der Waals surface area contributed by atoms with Gasteiger partial charge in [0.2, 0.25) is 0 Å². The van der Waals surface area contributed by atoms with E-state index in [0.717, 1.165) is 10.0 Å². The summed E-state index contributed by atoms with van der Waals surface area (Å²) in [4.78, 5) is 3.63. The Bertz CT molecular complexity index is 387. The maximum Gasteiger partial charge on any atom is 0.193 e. The SMILES string of the molecule is N=C(N=C(N)N)SCc1ccccc1Br. The van der Waals surface area contributed by atoms with Crippen molar-refractivity contribution < 1.29 is 0 Å². The summed E-state index contributed by atoms with van der Waals surface area (Å²) in [5.41, 5.74) is 11.4. The van der Waals surface area contributed by atoms with Gasteiger partial charge in [0, 0.05) is 10.2 Å². The van der Waals surface area contributed by atoms with Crippen LogP contribution in [-0.4, -0.2) is 11.1 Å². The van der Waals surface area contributed by atoms with Gasteiger partial charge in [0.15, 0.2) is 11.1 Å². The van der Waals surface area contributed by atoms with Gasteiger partial charge in [0.05, 0.1) is 0 Å². The maximum absolute atomic E-state index is 7.44. The summed E-state index contributed by atoms with van der Waals surface area (Å²) in [6.45, 7) is 0. The number of nitrogens with zero attached hydrogens (tertiary/aromatic N) is 1. The normalized spacial score (nSPS) is 9.67. The summed E-state index contributed by atoms with van der Waals surface area (Å²) in [5, 5.41) is 7.56. The Morgan fingerprint density at radius 3 is 2.67 bits per heavy atom. The van der Waals surface area contributed by atoms with Crippen LogP contribution in [0.4, 0.5) is 0 Å². The van der Waals surface area contributed by atoms with E-state index in [1.807, 2.05) is 24.3 Å². The molecule has 0 aliphatic carbocycles. The average molecular weight is 287 g/mol. The summed E-state index contributed by atoms with van der Waals surface area (Å²) in [5.74, 6) is 0.580. The number of hydrogen-bond donors (Lipinski definition) is 3. The number of benzene rings is 1. The second kappa shape index (κ2) is 5.77. The molecule has 0 fully saturated rings. The minimum atomic E-state index is -0.0837. The molecule has 0 aliphatic heterocycles. The van der Waals surface area contributed by atoms with Crippen molar-refractivity contribution in [2.24, 2.45) is 16.5 Å². The summed E-state index contributed by atoms with van der Waals surface area (Å²) in [7, 11) is 0. The van der Waals surface area contributed by atoms with Crippen molar-refractivity contribution in [2.45, 2.75) is 5.75 Å². The van der Waals surface area contributed by atoms with Crippen molar-refractivity contribution >= 4 is 38.8 Å². The molecule has 0 aliphatic rings. The van der Waals surface area contributed by atoms with Gasteiger partial charge in [-0.1, -0.05) is 45.9 Å². The lowest BCUT2D eigenvalue weighted by Gasteiger charge is -2.02. The molecule has 1 rings (SSSR count). The van der Waals surface area contributed by atoms with Crippen LogP contribution >= 0.6 is 27.7 Å². The fraction of sp³-hybridized carbons (Fsp3) is 0.111. The number of aliphatic imine (C=N–C) groups is 1. The van der Waals surface area contributed by atoms with E-state index in [1.54, 1.807) is 0 Å². The highest BCUT2D eigenvalue weighted by Gasteiger charge is 2.01. The molecule has 5 N–H and O–H groups in total. The van der Waals surface area contributed by atoms with Crippen molar-refractivity contribution in [1.82, 2.24) is 0 Å². The third-order valence-corrected chi connectivity index (χ3v) is 3.15. The van der Waals surface area contributed by atoms with Gasteiger partial charge in [-0.25, -0.2) is 0 Å². The van der Waals surface area contributed by atoms with Crippen molar-refractivity contribution in [1.29, 1.82) is 5.41 Å². The zero-order valence-corrected chi connectivity index (χ0v) is 10.3. The van der Waals surface area contributed by atoms with Crippen LogP contribution in [0.2, 0.25) is 0 Å². The molecule has 0 unspecified atom stereocenters. The van der Waals surface area contributed by atoms with E-state index in [4.69, 9.17) is 16.9 Å². The Morgan fingerprint density at radius 1 is 1.40 bits per heavy atom. The van der Waals surface area contributed by atoms with E-state index in [0.29, 0.717) is 5.75 Å². The number of guanidine groups is 1. The topological polar surface area (TPSA) is 88.2 Å². The Morgan fingerprint density at radius 2 is 2.07 bits per heavy atom. The van der Waals surface area contributed by atoms with E-state index in [9.17, 15) is 0 Å². The summed E-state index contributed by atoms with van der Waals surface area (Å²) in [6.07, 6.45) is 0. The first-order valence-electron chi connectivity index (χ1n) is 4.14. The highest BCUT2D eigenvalue weighted by molar-refractivity contribution is 9.10. The molecule has 6 heteroatoms. The van der Waals surface area contributed by atoms with Crippen molar-refractivity contribution in [2.75, 3.05) is 0 Å². The van der Waals surface area contributed by atoms with Crippen LogP contribution < -0.4 is 11.5 Å². The average Bonchev–Trinajstić information content (AvgIpc) is 2.15.